The first kappa shape index (κ1) is 11.8. The number of piperidine rings is 1. The van der Waals surface area contributed by atoms with E-state index in [2.05, 4.69) is 6.07 Å². The Morgan fingerprint density at radius 1 is 1.38 bits per heavy atom. The van der Waals surface area contributed by atoms with Crippen LogP contribution in [0, 0.1) is 17.2 Å². The lowest BCUT2D eigenvalue weighted by Crippen LogP contribution is -2.47. The predicted octanol–water partition coefficient (Wildman–Crippen LogP) is -0.620. The van der Waals surface area contributed by atoms with Crippen LogP contribution in [0.15, 0.2) is 0 Å². The van der Waals surface area contributed by atoms with Crippen LogP contribution in [0.4, 0.5) is 0 Å². The van der Waals surface area contributed by atoms with Crippen molar-refractivity contribution in [2.24, 2.45) is 5.92 Å². The highest BCUT2D eigenvalue weighted by atomic mass is 32.2. The zero-order chi connectivity index (χ0) is 11.8. The van der Waals surface area contributed by atoms with Gasteiger partial charge >= 0.3 is 0 Å². The van der Waals surface area contributed by atoms with Crippen molar-refractivity contribution in [1.29, 1.82) is 5.26 Å². The minimum Gasteiger partial charge on any atom is -0.390 e. The second kappa shape index (κ2) is 4.32. The molecular formula is C10H16N2O3S. The molecule has 16 heavy (non-hydrogen) atoms. The molecule has 0 saturated carbocycles. The molecule has 0 spiro atoms. The van der Waals surface area contributed by atoms with E-state index in [0.717, 1.165) is 19.4 Å². The summed E-state index contributed by atoms with van der Waals surface area (Å²) in [4.78, 5) is 1.96. The molecule has 5 nitrogen and oxygen atoms in total. The first-order chi connectivity index (χ1) is 7.52. The van der Waals surface area contributed by atoms with Crippen molar-refractivity contribution >= 4 is 9.84 Å². The topological polar surface area (TPSA) is 81.4 Å². The molecule has 0 aromatic heterocycles. The molecular weight excluding hydrogens is 228 g/mol. The quantitative estimate of drug-likeness (QED) is 0.665. The van der Waals surface area contributed by atoms with Gasteiger partial charge in [0.05, 0.1) is 35.6 Å². The third-order valence-corrected chi connectivity index (χ3v) is 5.10. The van der Waals surface area contributed by atoms with Gasteiger partial charge in [0.2, 0.25) is 0 Å². The van der Waals surface area contributed by atoms with Crippen molar-refractivity contribution in [2.45, 2.75) is 25.0 Å². The molecule has 2 rings (SSSR count). The van der Waals surface area contributed by atoms with Gasteiger partial charge in [-0.3, -0.25) is 4.90 Å². The number of aliphatic hydroxyl groups excluding tert-OH is 1. The Balaban J connectivity index is 2.06. The summed E-state index contributed by atoms with van der Waals surface area (Å²) in [6, 6.07) is 1.92. The van der Waals surface area contributed by atoms with Crippen LogP contribution in [0.2, 0.25) is 0 Å². The smallest absolute Gasteiger partial charge is 0.154 e. The van der Waals surface area contributed by atoms with Crippen molar-refractivity contribution < 1.29 is 13.5 Å². The van der Waals surface area contributed by atoms with Gasteiger partial charge in [-0.25, -0.2) is 8.42 Å². The predicted molar refractivity (Wildman–Crippen MR) is 58.4 cm³/mol. The number of hydrogen-bond acceptors (Lipinski definition) is 5. The molecule has 2 saturated heterocycles. The molecule has 2 fully saturated rings. The summed E-state index contributed by atoms with van der Waals surface area (Å²) in [6.45, 7) is 1.38. The third-order valence-electron chi connectivity index (χ3n) is 3.40. The van der Waals surface area contributed by atoms with Crippen LogP contribution >= 0.6 is 0 Å². The Morgan fingerprint density at radius 2 is 2.12 bits per heavy atom. The fraction of sp³-hybridized carbons (Fsp3) is 0.900. The van der Waals surface area contributed by atoms with Gasteiger partial charge in [-0.1, -0.05) is 0 Å². The van der Waals surface area contributed by atoms with Crippen molar-refractivity contribution in [3.8, 4) is 6.07 Å². The summed E-state index contributed by atoms with van der Waals surface area (Å²) in [5.74, 6) is -0.123. The van der Waals surface area contributed by atoms with Gasteiger partial charge in [-0.05, 0) is 19.4 Å². The summed E-state index contributed by atoms with van der Waals surface area (Å²) in [6.07, 6.45) is 0.992. The first-order valence-electron chi connectivity index (χ1n) is 5.54. The second-order valence-corrected chi connectivity index (χ2v) is 6.83. The molecule has 2 aliphatic rings. The molecule has 0 aliphatic carbocycles. The van der Waals surface area contributed by atoms with E-state index in [-0.39, 0.29) is 23.5 Å². The van der Waals surface area contributed by atoms with Gasteiger partial charge in [0.15, 0.2) is 9.84 Å². The lowest BCUT2D eigenvalue weighted by atomic mass is 9.97. The zero-order valence-electron chi connectivity index (χ0n) is 9.04. The van der Waals surface area contributed by atoms with Crippen LogP contribution in [0.1, 0.15) is 12.8 Å². The average Bonchev–Trinajstić information content (AvgIpc) is 2.52. The number of aliphatic hydroxyl groups is 1. The van der Waals surface area contributed by atoms with E-state index >= 15 is 0 Å². The maximum atomic E-state index is 11.4. The van der Waals surface area contributed by atoms with Gasteiger partial charge in [0.1, 0.15) is 0 Å². The number of likely N-dealkylation sites (tertiary alicyclic amines) is 1. The van der Waals surface area contributed by atoms with E-state index in [1.54, 1.807) is 0 Å². The van der Waals surface area contributed by atoms with Crippen molar-refractivity contribution in [3.05, 3.63) is 0 Å². The van der Waals surface area contributed by atoms with Gasteiger partial charge in [-0.2, -0.15) is 5.26 Å². The number of sulfone groups is 1. The lowest BCUT2D eigenvalue weighted by Gasteiger charge is -2.35. The van der Waals surface area contributed by atoms with Crippen LogP contribution in [-0.2, 0) is 9.84 Å². The zero-order valence-corrected chi connectivity index (χ0v) is 9.86. The van der Waals surface area contributed by atoms with Crippen LogP contribution in [0.25, 0.3) is 0 Å². The lowest BCUT2D eigenvalue weighted by molar-refractivity contribution is 0.0616. The van der Waals surface area contributed by atoms with Gasteiger partial charge in [0, 0.05) is 6.54 Å². The van der Waals surface area contributed by atoms with Crippen LogP contribution in [0.3, 0.4) is 0 Å². The van der Waals surface area contributed by atoms with E-state index in [0.29, 0.717) is 6.54 Å². The van der Waals surface area contributed by atoms with E-state index in [1.807, 2.05) is 4.90 Å². The fourth-order valence-corrected chi connectivity index (χ4v) is 4.40. The molecule has 2 heterocycles. The summed E-state index contributed by atoms with van der Waals surface area (Å²) in [5.41, 5.74) is 0. The minimum atomic E-state index is -3.09. The molecule has 90 valence electrons. The first-order valence-corrected chi connectivity index (χ1v) is 7.36. The summed E-state index contributed by atoms with van der Waals surface area (Å²) in [5, 5.41) is 18.6. The molecule has 0 bridgehead atoms. The Labute approximate surface area is 95.6 Å². The molecule has 0 amide bonds. The monoisotopic (exact) mass is 244 g/mol. The number of rotatable bonds is 1. The van der Waals surface area contributed by atoms with Gasteiger partial charge in [-0.15, -0.1) is 0 Å². The second-order valence-electron chi connectivity index (χ2n) is 4.67. The van der Waals surface area contributed by atoms with Crippen LogP contribution in [-0.4, -0.2) is 55.2 Å². The van der Waals surface area contributed by atoms with Crippen molar-refractivity contribution in [3.63, 3.8) is 0 Å². The summed E-state index contributed by atoms with van der Waals surface area (Å²) in [7, 11) is -3.09. The number of nitriles is 1. The maximum Gasteiger partial charge on any atom is 0.154 e. The normalized spacial score (nSPS) is 39.4. The SMILES string of the molecule is N#CC1CCCN(C2CS(=O)(=O)CC2O)C1. The van der Waals surface area contributed by atoms with E-state index in [1.165, 1.54) is 0 Å². The average molecular weight is 244 g/mol. The van der Waals surface area contributed by atoms with Crippen LogP contribution < -0.4 is 0 Å². The fourth-order valence-electron chi connectivity index (χ4n) is 2.57. The Hall–Kier alpha value is -0.640. The van der Waals surface area contributed by atoms with Crippen molar-refractivity contribution in [2.75, 3.05) is 24.6 Å². The molecule has 3 atom stereocenters. The van der Waals surface area contributed by atoms with E-state index in [4.69, 9.17) is 5.26 Å². The molecule has 2 aliphatic heterocycles. The van der Waals surface area contributed by atoms with Gasteiger partial charge < -0.3 is 5.11 Å². The Morgan fingerprint density at radius 3 is 2.69 bits per heavy atom. The van der Waals surface area contributed by atoms with Gasteiger partial charge in [0.25, 0.3) is 0 Å². The Bertz CT molecular complexity index is 401. The maximum absolute atomic E-state index is 11.4. The minimum absolute atomic E-state index is 0.0238. The number of nitrogens with zero attached hydrogens (tertiary/aromatic N) is 2. The molecule has 6 heteroatoms. The highest BCUT2D eigenvalue weighted by Gasteiger charge is 2.41. The summed E-state index contributed by atoms with van der Waals surface area (Å²) < 4.78 is 22.8. The molecule has 0 radical (unpaired) electrons. The summed E-state index contributed by atoms with van der Waals surface area (Å²) >= 11 is 0. The van der Waals surface area contributed by atoms with Crippen LogP contribution in [0.5, 0.6) is 0 Å². The van der Waals surface area contributed by atoms with E-state index < -0.39 is 15.9 Å². The van der Waals surface area contributed by atoms with Crippen molar-refractivity contribution in [1.82, 2.24) is 4.90 Å². The third kappa shape index (κ3) is 2.37. The highest BCUT2D eigenvalue weighted by Crippen LogP contribution is 2.24. The Kier molecular flexibility index (Phi) is 3.19. The highest BCUT2D eigenvalue weighted by molar-refractivity contribution is 7.91. The standard InChI is InChI=1S/C10H16N2O3S/c11-4-8-2-1-3-12(5-8)9-6-16(14,15)7-10(9)13/h8-10,13H,1-3,5-7H2. The molecule has 1 N–H and O–H groups in total. The largest absolute Gasteiger partial charge is 0.390 e. The molecule has 0 aromatic rings. The number of hydrogen-bond donors (Lipinski definition) is 1. The molecule has 0 aromatic carbocycles. The molecule has 3 unspecified atom stereocenters. The van der Waals surface area contributed by atoms with E-state index in [9.17, 15) is 13.5 Å².